The van der Waals surface area contributed by atoms with Crippen LogP contribution in [-0.4, -0.2) is 30.1 Å². The van der Waals surface area contributed by atoms with Crippen molar-refractivity contribution in [2.24, 2.45) is 0 Å². The molecule has 0 saturated carbocycles. The Hall–Kier alpha value is -2.02. The highest BCUT2D eigenvalue weighted by Crippen LogP contribution is 2.33. The molecule has 1 heterocycles. The Morgan fingerprint density at radius 2 is 1.88 bits per heavy atom. The van der Waals surface area contributed by atoms with E-state index in [9.17, 15) is 9.59 Å². The number of carbonyl (C=O) groups excluding carboxylic acids is 2. The van der Waals surface area contributed by atoms with E-state index < -0.39 is 18.5 Å². The SMILES string of the molecule is CCOc1ncccc1C(=O)OCC(=O)Nc1c(Cl)cc(Cl)cc1Cl. The fraction of sp³-hybridized carbons (Fsp3) is 0.188. The van der Waals surface area contributed by atoms with Gasteiger partial charge in [-0.2, -0.15) is 0 Å². The second-order valence-electron chi connectivity index (χ2n) is 4.66. The predicted molar refractivity (Wildman–Crippen MR) is 95.8 cm³/mol. The third kappa shape index (κ3) is 5.22. The van der Waals surface area contributed by atoms with E-state index in [-0.39, 0.29) is 27.2 Å². The van der Waals surface area contributed by atoms with Gasteiger partial charge < -0.3 is 14.8 Å². The summed E-state index contributed by atoms with van der Waals surface area (Å²) in [5, 5.41) is 3.14. The molecule has 0 unspecified atom stereocenters. The van der Waals surface area contributed by atoms with Crippen molar-refractivity contribution in [3.63, 3.8) is 0 Å². The summed E-state index contributed by atoms with van der Waals surface area (Å²) < 4.78 is 10.2. The number of nitrogens with zero attached hydrogens (tertiary/aromatic N) is 1. The second-order valence-corrected chi connectivity index (χ2v) is 5.91. The van der Waals surface area contributed by atoms with Gasteiger partial charge in [-0.1, -0.05) is 34.8 Å². The van der Waals surface area contributed by atoms with Crippen LogP contribution in [0.4, 0.5) is 5.69 Å². The average molecular weight is 404 g/mol. The number of amides is 1. The third-order valence-electron chi connectivity index (χ3n) is 2.88. The number of aromatic nitrogens is 1. The summed E-state index contributed by atoms with van der Waals surface area (Å²) in [5.41, 5.74) is 0.310. The number of pyridine rings is 1. The van der Waals surface area contributed by atoms with Crippen molar-refractivity contribution in [2.45, 2.75) is 6.92 Å². The first-order chi connectivity index (χ1) is 11.9. The normalized spacial score (nSPS) is 10.2. The van der Waals surface area contributed by atoms with Gasteiger partial charge in [0.25, 0.3) is 5.91 Å². The number of esters is 1. The zero-order valence-electron chi connectivity index (χ0n) is 13.0. The Balaban J connectivity index is 2.00. The largest absolute Gasteiger partial charge is 0.477 e. The van der Waals surface area contributed by atoms with E-state index in [4.69, 9.17) is 44.3 Å². The Morgan fingerprint density at radius 3 is 2.52 bits per heavy atom. The fourth-order valence-corrected chi connectivity index (χ4v) is 2.76. The van der Waals surface area contributed by atoms with Gasteiger partial charge in [0, 0.05) is 11.2 Å². The molecule has 0 bridgehead atoms. The Morgan fingerprint density at radius 1 is 1.20 bits per heavy atom. The van der Waals surface area contributed by atoms with Gasteiger partial charge >= 0.3 is 5.97 Å². The van der Waals surface area contributed by atoms with Crippen molar-refractivity contribution in [3.8, 4) is 5.88 Å². The van der Waals surface area contributed by atoms with Crippen LogP contribution in [0.5, 0.6) is 5.88 Å². The molecule has 1 N–H and O–H groups in total. The average Bonchev–Trinajstić information content (AvgIpc) is 2.56. The molecule has 2 rings (SSSR count). The van der Waals surface area contributed by atoms with Crippen molar-refractivity contribution in [3.05, 3.63) is 51.1 Å². The van der Waals surface area contributed by atoms with Crippen molar-refractivity contribution in [2.75, 3.05) is 18.5 Å². The smallest absolute Gasteiger partial charge is 0.344 e. The molecule has 0 fully saturated rings. The van der Waals surface area contributed by atoms with Crippen molar-refractivity contribution < 1.29 is 19.1 Å². The lowest BCUT2D eigenvalue weighted by Gasteiger charge is -2.11. The maximum atomic E-state index is 12.1. The molecule has 0 saturated heterocycles. The van der Waals surface area contributed by atoms with E-state index in [1.807, 2.05) is 0 Å². The van der Waals surface area contributed by atoms with Crippen molar-refractivity contribution in [1.29, 1.82) is 0 Å². The summed E-state index contributed by atoms with van der Waals surface area (Å²) in [5.74, 6) is -1.21. The highest BCUT2D eigenvalue weighted by molar-refractivity contribution is 6.42. The maximum Gasteiger partial charge on any atom is 0.344 e. The molecule has 1 amide bonds. The van der Waals surface area contributed by atoms with Gasteiger partial charge in [0.2, 0.25) is 5.88 Å². The summed E-state index contributed by atoms with van der Waals surface area (Å²) in [6, 6.07) is 5.92. The number of hydrogen-bond acceptors (Lipinski definition) is 5. The van der Waals surface area contributed by atoms with Gasteiger partial charge in [-0.15, -0.1) is 0 Å². The van der Waals surface area contributed by atoms with Crippen LogP contribution in [0.2, 0.25) is 15.1 Å². The fourth-order valence-electron chi connectivity index (χ4n) is 1.84. The van der Waals surface area contributed by atoms with Crippen LogP contribution in [0.3, 0.4) is 0 Å². The standard InChI is InChI=1S/C16H13Cl3N2O4/c1-2-24-15-10(4-3-5-20-15)16(23)25-8-13(22)21-14-11(18)6-9(17)7-12(14)19/h3-7H,2,8H2,1H3,(H,21,22). The van der Waals surface area contributed by atoms with Crippen LogP contribution in [0.1, 0.15) is 17.3 Å². The molecule has 1 aromatic carbocycles. The zero-order valence-corrected chi connectivity index (χ0v) is 15.3. The molecular weight excluding hydrogens is 391 g/mol. The first kappa shape index (κ1) is 19.3. The molecule has 2 aromatic rings. The minimum atomic E-state index is -0.736. The van der Waals surface area contributed by atoms with Crippen LogP contribution < -0.4 is 10.1 Å². The molecule has 0 aliphatic rings. The Kier molecular flexibility index (Phi) is 6.87. The van der Waals surface area contributed by atoms with E-state index in [1.54, 1.807) is 13.0 Å². The number of halogens is 3. The molecule has 0 radical (unpaired) electrons. The highest BCUT2D eigenvalue weighted by atomic mass is 35.5. The van der Waals surface area contributed by atoms with E-state index in [0.717, 1.165) is 0 Å². The quantitative estimate of drug-likeness (QED) is 0.730. The Labute approximate surface area is 159 Å². The number of hydrogen-bond donors (Lipinski definition) is 1. The summed E-state index contributed by atoms with van der Waals surface area (Å²) in [6.45, 7) is 1.57. The summed E-state index contributed by atoms with van der Waals surface area (Å²) in [4.78, 5) is 28.0. The first-order valence-corrected chi connectivity index (χ1v) is 8.25. The molecule has 0 aliphatic carbocycles. The lowest BCUT2D eigenvalue weighted by atomic mass is 10.3. The summed E-state index contributed by atoms with van der Waals surface area (Å²) >= 11 is 17.8. The molecule has 6 nitrogen and oxygen atoms in total. The number of anilines is 1. The van der Waals surface area contributed by atoms with Crippen LogP contribution in [0.25, 0.3) is 0 Å². The number of ether oxygens (including phenoxy) is 2. The van der Waals surface area contributed by atoms with E-state index in [2.05, 4.69) is 10.3 Å². The van der Waals surface area contributed by atoms with Crippen LogP contribution in [-0.2, 0) is 9.53 Å². The van der Waals surface area contributed by atoms with Gasteiger partial charge in [0.15, 0.2) is 6.61 Å². The second kappa shape index (κ2) is 8.89. The van der Waals surface area contributed by atoms with Crippen LogP contribution >= 0.6 is 34.8 Å². The monoisotopic (exact) mass is 402 g/mol. The van der Waals surface area contributed by atoms with Crippen LogP contribution in [0, 0.1) is 0 Å². The molecule has 1 aromatic heterocycles. The number of rotatable bonds is 6. The number of nitrogens with one attached hydrogen (secondary N) is 1. The minimum Gasteiger partial charge on any atom is -0.477 e. The lowest BCUT2D eigenvalue weighted by Crippen LogP contribution is -2.21. The van der Waals surface area contributed by atoms with Crippen molar-refractivity contribution >= 4 is 52.4 Å². The molecule has 0 aliphatic heterocycles. The highest BCUT2D eigenvalue weighted by Gasteiger charge is 2.17. The van der Waals surface area contributed by atoms with E-state index in [0.29, 0.717) is 11.6 Å². The van der Waals surface area contributed by atoms with Gasteiger partial charge in [-0.3, -0.25) is 4.79 Å². The molecule has 0 atom stereocenters. The third-order valence-corrected chi connectivity index (χ3v) is 3.69. The lowest BCUT2D eigenvalue weighted by molar-refractivity contribution is -0.119. The summed E-state index contributed by atoms with van der Waals surface area (Å²) in [7, 11) is 0. The van der Waals surface area contributed by atoms with E-state index >= 15 is 0 Å². The van der Waals surface area contributed by atoms with Gasteiger partial charge in [0.1, 0.15) is 5.56 Å². The topological polar surface area (TPSA) is 77.5 Å². The Bertz CT molecular complexity index is 776. The van der Waals surface area contributed by atoms with Crippen LogP contribution in [0.15, 0.2) is 30.5 Å². The minimum absolute atomic E-state index is 0.125. The first-order valence-electron chi connectivity index (χ1n) is 7.11. The number of benzene rings is 1. The molecular formula is C16H13Cl3N2O4. The summed E-state index contributed by atoms with van der Waals surface area (Å²) in [6.07, 6.45) is 1.49. The van der Waals surface area contributed by atoms with Gasteiger partial charge in [-0.25, -0.2) is 9.78 Å². The van der Waals surface area contributed by atoms with Gasteiger partial charge in [-0.05, 0) is 31.2 Å². The predicted octanol–water partition coefficient (Wildman–Crippen LogP) is 4.24. The molecule has 25 heavy (non-hydrogen) atoms. The van der Waals surface area contributed by atoms with Gasteiger partial charge in [0.05, 0.1) is 22.3 Å². The molecule has 132 valence electrons. The maximum absolute atomic E-state index is 12.1. The molecule has 9 heteroatoms. The van der Waals surface area contributed by atoms with Crippen molar-refractivity contribution in [1.82, 2.24) is 4.98 Å². The van der Waals surface area contributed by atoms with E-state index in [1.165, 1.54) is 24.4 Å². The number of carbonyl (C=O) groups is 2. The molecule has 0 spiro atoms. The zero-order chi connectivity index (χ0) is 18.4.